The van der Waals surface area contributed by atoms with Crippen LogP contribution in [-0.2, 0) is 14.4 Å². The van der Waals surface area contributed by atoms with E-state index in [2.05, 4.69) is 54.2 Å². The van der Waals surface area contributed by atoms with Gasteiger partial charge >= 0.3 is 0 Å². The number of hydrogen-bond acceptors (Lipinski definition) is 10. The van der Waals surface area contributed by atoms with Crippen LogP contribution in [0.25, 0.3) is 11.0 Å². The molecule has 4 aromatic rings. The minimum Gasteiger partial charge on any atom is -0.484 e. The summed E-state index contributed by atoms with van der Waals surface area (Å²) in [6.45, 7) is 10.1. The van der Waals surface area contributed by atoms with E-state index in [-0.39, 0.29) is 41.9 Å². The van der Waals surface area contributed by atoms with Crippen molar-refractivity contribution in [1.29, 1.82) is 0 Å². The SMILES string of the molecule is CC(=O)CCC(C(C)=O)c1cc(OCC(=O)NCCCN2CCN(c3ccc(Nc4ncc5cc(C(=O)N(C)C)n(C6CCCC6)c5n4)cc3)CC2)ccc1C. The lowest BCUT2D eigenvalue weighted by Gasteiger charge is -2.36. The summed E-state index contributed by atoms with van der Waals surface area (Å²) in [6.07, 6.45) is 7.85. The highest BCUT2D eigenvalue weighted by Crippen LogP contribution is 2.35. The standard InChI is InChI=1S/C43H56N8O5/c1-29-11-17-36(26-38(29)37(31(3)53)18-12-30(2)52)56-28-40(54)44-19-8-20-49-21-23-50(24-22-49)34-15-13-33(14-16-34)46-43-45-27-32-25-39(42(55)48(4)5)51(41(32)47-43)35-9-6-7-10-35/h11,13-17,25-27,35,37H,6-10,12,18-24,28H2,1-5H3,(H,44,54)(H,45,46,47). The quantitative estimate of drug-likeness (QED) is 0.122. The predicted octanol–water partition coefficient (Wildman–Crippen LogP) is 6.05. The number of carbonyl (C=O) groups excluding carboxylic acids is 4. The number of Topliss-reactive ketones (excluding diaryl/α,β-unsaturated/α-hetero) is 2. The lowest BCUT2D eigenvalue weighted by atomic mass is 9.87. The maximum absolute atomic E-state index is 13.1. The lowest BCUT2D eigenvalue weighted by molar-refractivity contribution is -0.123. The molecule has 2 aromatic heterocycles. The number of nitrogens with zero attached hydrogens (tertiary/aromatic N) is 6. The number of nitrogens with one attached hydrogen (secondary N) is 2. The number of anilines is 3. The second-order valence-electron chi connectivity index (χ2n) is 15.4. The number of fused-ring (bicyclic) bond motifs is 1. The van der Waals surface area contributed by atoms with Gasteiger partial charge in [-0.15, -0.1) is 0 Å². The number of piperazine rings is 1. The van der Waals surface area contributed by atoms with Gasteiger partial charge in [-0.3, -0.25) is 19.3 Å². The molecule has 56 heavy (non-hydrogen) atoms. The zero-order valence-corrected chi connectivity index (χ0v) is 33.5. The zero-order chi connectivity index (χ0) is 39.8. The molecule has 1 aliphatic heterocycles. The molecule has 1 saturated carbocycles. The zero-order valence-electron chi connectivity index (χ0n) is 33.5. The average molecular weight is 765 g/mol. The van der Waals surface area contributed by atoms with E-state index >= 15 is 0 Å². The Morgan fingerprint density at radius 1 is 0.964 bits per heavy atom. The van der Waals surface area contributed by atoms with Gasteiger partial charge in [0.15, 0.2) is 6.61 Å². The molecule has 2 fully saturated rings. The minimum atomic E-state index is -0.373. The van der Waals surface area contributed by atoms with Crippen molar-refractivity contribution >= 4 is 51.7 Å². The van der Waals surface area contributed by atoms with Gasteiger partial charge in [0.2, 0.25) is 5.95 Å². The molecular weight excluding hydrogens is 709 g/mol. The summed E-state index contributed by atoms with van der Waals surface area (Å²) in [5.74, 6) is 0.518. The monoisotopic (exact) mass is 764 g/mol. The molecular formula is C43H56N8O5. The molecule has 2 aliphatic rings. The van der Waals surface area contributed by atoms with E-state index in [4.69, 9.17) is 9.72 Å². The van der Waals surface area contributed by atoms with Crippen molar-refractivity contribution in [3.05, 3.63) is 71.5 Å². The average Bonchev–Trinajstić information content (AvgIpc) is 3.85. The largest absolute Gasteiger partial charge is 0.484 e. The third-order valence-electron chi connectivity index (χ3n) is 11.0. The van der Waals surface area contributed by atoms with E-state index < -0.39 is 0 Å². The van der Waals surface area contributed by atoms with Gasteiger partial charge in [-0.2, -0.15) is 4.98 Å². The number of hydrogen-bond donors (Lipinski definition) is 2. The number of ketones is 2. The highest BCUT2D eigenvalue weighted by molar-refractivity contribution is 5.98. The highest BCUT2D eigenvalue weighted by atomic mass is 16.5. The van der Waals surface area contributed by atoms with E-state index in [1.165, 1.54) is 6.92 Å². The third kappa shape index (κ3) is 10.1. The Morgan fingerprint density at radius 3 is 2.38 bits per heavy atom. The molecule has 1 atom stereocenters. The Morgan fingerprint density at radius 2 is 1.70 bits per heavy atom. The molecule has 1 saturated heterocycles. The van der Waals surface area contributed by atoms with Gasteiger partial charge in [0, 0.05) is 88.2 Å². The second-order valence-corrected chi connectivity index (χ2v) is 15.4. The van der Waals surface area contributed by atoms with Crippen LogP contribution in [0.15, 0.2) is 54.7 Å². The van der Waals surface area contributed by atoms with Crippen molar-refractivity contribution in [3.8, 4) is 5.75 Å². The van der Waals surface area contributed by atoms with Crippen LogP contribution in [0.3, 0.4) is 0 Å². The summed E-state index contributed by atoms with van der Waals surface area (Å²) >= 11 is 0. The summed E-state index contributed by atoms with van der Waals surface area (Å²) in [7, 11) is 3.56. The highest BCUT2D eigenvalue weighted by Gasteiger charge is 2.27. The van der Waals surface area contributed by atoms with Crippen LogP contribution in [0.1, 0.15) is 92.4 Å². The Labute approximate surface area is 329 Å². The fraction of sp³-hybridized carbons (Fsp3) is 0.488. The number of aryl methyl sites for hydroxylation is 1. The Kier molecular flexibility index (Phi) is 13.4. The first-order valence-corrected chi connectivity index (χ1v) is 19.9. The number of rotatable bonds is 17. The van der Waals surface area contributed by atoms with Gasteiger partial charge in [-0.25, -0.2) is 4.98 Å². The second kappa shape index (κ2) is 18.6. The van der Waals surface area contributed by atoms with Crippen molar-refractivity contribution in [2.24, 2.45) is 0 Å². The summed E-state index contributed by atoms with van der Waals surface area (Å²) in [6, 6.07) is 16.0. The number of ether oxygens (including phenoxy) is 1. The van der Waals surface area contributed by atoms with E-state index in [1.54, 1.807) is 38.2 Å². The normalized spacial score (nSPS) is 15.5. The Hall–Kier alpha value is -5.30. The fourth-order valence-electron chi connectivity index (χ4n) is 7.85. The molecule has 13 heteroatoms. The smallest absolute Gasteiger partial charge is 0.270 e. The number of carbonyl (C=O) groups is 4. The van der Waals surface area contributed by atoms with Crippen LogP contribution in [-0.4, -0.2) is 108 Å². The first kappa shape index (κ1) is 40.4. The molecule has 1 unspecified atom stereocenters. The third-order valence-corrected chi connectivity index (χ3v) is 11.0. The molecule has 2 aromatic carbocycles. The van der Waals surface area contributed by atoms with Gasteiger partial charge in [0.1, 0.15) is 28.7 Å². The van der Waals surface area contributed by atoms with Crippen LogP contribution in [0.4, 0.5) is 17.3 Å². The first-order valence-electron chi connectivity index (χ1n) is 19.9. The van der Waals surface area contributed by atoms with E-state index in [0.717, 1.165) is 98.4 Å². The Bertz CT molecular complexity index is 2010. The van der Waals surface area contributed by atoms with Crippen molar-refractivity contribution in [3.63, 3.8) is 0 Å². The number of amides is 2. The summed E-state index contributed by atoms with van der Waals surface area (Å²) in [5, 5.41) is 7.20. The van der Waals surface area contributed by atoms with Gasteiger partial charge < -0.3 is 34.5 Å². The lowest BCUT2D eigenvalue weighted by Crippen LogP contribution is -2.47. The molecule has 298 valence electrons. The van der Waals surface area contributed by atoms with Crippen LogP contribution in [0.2, 0.25) is 0 Å². The van der Waals surface area contributed by atoms with Crippen LogP contribution in [0.5, 0.6) is 5.75 Å². The molecule has 3 heterocycles. The molecule has 2 amide bonds. The van der Waals surface area contributed by atoms with Gasteiger partial charge in [-0.05, 0) is 107 Å². The molecule has 13 nitrogen and oxygen atoms in total. The molecule has 0 radical (unpaired) electrons. The molecule has 1 aliphatic carbocycles. The number of benzene rings is 2. The maximum atomic E-state index is 13.1. The van der Waals surface area contributed by atoms with Gasteiger partial charge in [-0.1, -0.05) is 18.9 Å². The van der Waals surface area contributed by atoms with Gasteiger partial charge in [0.05, 0.1) is 0 Å². The maximum Gasteiger partial charge on any atom is 0.270 e. The molecule has 2 N–H and O–H groups in total. The van der Waals surface area contributed by atoms with Crippen LogP contribution in [0, 0.1) is 6.92 Å². The van der Waals surface area contributed by atoms with Crippen molar-refractivity contribution in [2.75, 3.05) is 70.2 Å². The topological polar surface area (TPSA) is 142 Å². The number of aromatic nitrogens is 3. The summed E-state index contributed by atoms with van der Waals surface area (Å²) < 4.78 is 7.91. The predicted molar refractivity (Wildman–Crippen MR) is 219 cm³/mol. The van der Waals surface area contributed by atoms with E-state index in [9.17, 15) is 19.2 Å². The Balaban J connectivity index is 0.930. The minimum absolute atomic E-state index is 0.00947. The van der Waals surface area contributed by atoms with Crippen LogP contribution < -0.4 is 20.3 Å². The van der Waals surface area contributed by atoms with E-state index in [0.29, 0.717) is 36.8 Å². The van der Waals surface area contributed by atoms with Crippen molar-refractivity contribution in [1.82, 2.24) is 29.7 Å². The van der Waals surface area contributed by atoms with E-state index in [1.807, 2.05) is 25.1 Å². The summed E-state index contributed by atoms with van der Waals surface area (Å²) in [4.78, 5) is 65.4. The van der Waals surface area contributed by atoms with Crippen molar-refractivity contribution < 1.29 is 23.9 Å². The van der Waals surface area contributed by atoms with Gasteiger partial charge in [0.25, 0.3) is 11.8 Å². The molecule has 0 spiro atoms. The van der Waals surface area contributed by atoms with Crippen LogP contribution >= 0.6 is 0 Å². The first-order chi connectivity index (χ1) is 27.0. The molecule has 6 rings (SSSR count). The molecule has 0 bridgehead atoms. The summed E-state index contributed by atoms with van der Waals surface area (Å²) in [5.41, 5.74) is 5.32. The van der Waals surface area contributed by atoms with Crippen molar-refractivity contribution in [2.45, 2.75) is 77.7 Å². The fourth-order valence-corrected chi connectivity index (χ4v) is 7.85.